The second-order valence-corrected chi connectivity index (χ2v) is 3.00. The molecule has 0 unspecified atom stereocenters. The molecule has 0 N–H and O–H groups in total. The van der Waals surface area contributed by atoms with Crippen molar-refractivity contribution in [3.63, 3.8) is 0 Å². The van der Waals surface area contributed by atoms with Gasteiger partial charge in [-0.25, -0.2) is 0 Å². The molecule has 10 heavy (non-hydrogen) atoms. The molecule has 0 aromatic rings. The summed E-state index contributed by atoms with van der Waals surface area (Å²) < 4.78 is 5.17. The lowest BCUT2D eigenvalue weighted by atomic mass is 9.91. The van der Waals surface area contributed by atoms with Crippen molar-refractivity contribution in [2.45, 2.75) is 13.3 Å². The van der Waals surface area contributed by atoms with Gasteiger partial charge in [-0.05, 0) is 17.4 Å². The molecule has 1 rings (SSSR count). The Bertz CT molecular complexity index is 156. The van der Waals surface area contributed by atoms with Gasteiger partial charge in [-0.1, -0.05) is 12.0 Å². The van der Waals surface area contributed by atoms with Gasteiger partial charge >= 0.3 is 0 Å². The lowest BCUT2D eigenvalue weighted by molar-refractivity contribution is 0.162. The SMILES string of the molecule is C[C@@]1(CN=[N+]=[N-])CCOC1. The molecule has 4 heteroatoms. The summed E-state index contributed by atoms with van der Waals surface area (Å²) in [6.07, 6.45) is 1.01. The van der Waals surface area contributed by atoms with Crippen LogP contribution in [-0.2, 0) is 4.74 Å². The number of hydrogen-bond acceptors (Lipinski definition) is 2. The molecule has 1 fully saturated rings. The fraction of sp³-hybridized carbons (Fsp3) is 1.00. The van der Waals surface area contributed by atoms with Gasteiger partial charge < -0.3 is 4.74 Å². The Morgan fingerprint density at radius 1 is 1.80 bits per heavy atom. The van der Waals surface area contributed by atoms with Crippen LogP contribution in [0.3, 0.4) is 0 Å². The number of ether oxygens (including phenoxy) is 1. The molecule has 0 amide bonds. The molecule has 0 saturated carbocycles. The van der Waals surface area contributed by atoms with Crippen LogP contribution in [0.2, 0.25) is 0 Å². The third-order valence-electron chi connectivity index (χ3n) is 1.82. The van der Waals surface area contributed by atoms with Crippen molar-refractivity contribution in [1.82, 2.24) is 0 Å². The first kappa shape index (κ1) is 7.38. The standard InChI is InChI=1S/C6H11N3O/c1-6(4-8-9-7)2-3-10-5-6/h2-5H2,1H3/t6-/m0/s1. The zero-order chi connectivity index (χ0) is 7.45. The van der Waals surface area contributed by atoms with Gasteiger partial charge in [-0.3, -0.25) is 0 Å². The molecule has 0 aliphatic carbocycles. The molecule has 0 aromatic carbocycles. The minimum absolute atomic E-state index is 0.103. The van der Waals surface area contributed by atoms with Gasteiger partial charge in [-0.2, -0.15) is 0 Å². The smallest absolute Gasteiger partial charge is 0.0521 e. The maximum atomic E-state index is 8.06. The van der Waals surface area contributed by atoms with E-state index < -0.39 is 0 Å². The van der Waals surface area contributed by atoms with E-state index in [-0.39, 0.29) is 5.41 Å². The van der Waals surface area contributed by atoms with Crippen molar-refractivity contribution in [3.05, 3.63) is 10.4 Å². The van der Waals surface area contributed by atoms with Crippen LogP contribution < -0.4 is 0 Å². The van der Waals surface area contributed by atoms with Crippen LogP contribution >= 0.6 is 0 Å². The summed E-state index contributed by atoms with van der Waals surface area (Å²) in [5, 5.41) is 3.53. The van der Waals surface area contributed by atoms with E-state index in [4.69, 9.17) is 10.3 Å². The Balaban J connectivity index is 2.42. The van der Waals surface area contributed by atoms with Crippen LogP contribution in [0, 0.1) is 5.41 Å². The van der Waals surface area contributed by atoms with Crippen molar-refractivity contribution in [2.75, 3.05) is 19.8 Å². The summed E-state index contributed by atoms with van der Waals surface area (Å²) in [4.78, 5) is 2.71. The van der Waals surface area contributed by atoms with Crippen LogP contribution in [0.1, 0.15) is 13.3 Å². The number of rotatable bonds is 2. The molecular formula is C6H11N3O. The highest BCUT2D eigenvalue weighted by Gasteiger charge is 2.28. The van der Waals surface area contributed by atoms with Crippen molar-refractivity contribution in [2.24, 2.45) is 10.5 Å². The molecule has 0 radical (unpaired) electrons. The molecule has 56 valence electrons. The zero-order valence-electron chi connectivity index (χ0n) is 6.08. The fourth-order valence-corrected chi connectivity index (χ4v) is 1.04. The Morgan fingerprint density at radius 2 is 2.60 bits per heavy atom. The van der Waals surface area contributed by atoms with E-state index >= 15 is 0 Å². The quantitative estimate of drug-likeness (QED) is 0.328. The van der Waals surface area contributed by atoms with Gasteiger partial charge in [0.25, 0.3) is 0 Å². The topological polar surface area (TPSA) is 58.0 Å². The van der Waals surface area contributed by atoms with Crippen molar-refractivity contribution < 1.29 is 4.74 Å². The van der Waals surface area contributed by atoms with Crippen molar-refractivity contribution >= 4 is 0 Å². The van der Waals surface area contributed by atoms with Crippen LogP contribution in [0.4, 0.5) is 0 Å². The number of azide groups is 1. The van der Waals surface area contributed by atoms with Crippen LogP contribution in [-0.4, -0.2) is 19.8 Å². The monoisotopic (exact) mass is 141 g/mol. The normalized spacial score (nSPS) is 31.7. The molecule has 1 heterocycles. The zero-order valence-corrected chi connectivity index (χ0v) is 6.08. The van der Waals surface area contributed by atoms with Crippen LogP contribution in [0.5, 0.6) is 0 Å². The molecule has 1 aliphatic rings. The van der Waals surface area contributed by atoms with E-state index in [1.54, 1.807) is 0 Å². The average molecular weight is 141 g/mol. The third-order valence-corrected chi connectivity index (χ3v) is 1.82. The maximum Gasteiger partial charge on any atom is 0.0521 e. The lowest BCUT2D eigenvalue weighted by Gasteiger charge is -2.17. The Hall–Kier alpha value is -0.730. The predicted molar refractivity (Wildman–Crippen MR) is 37.6 cm³/mol. The molecule has 0 spiro atoms. The predicted octanol–water partition coefficient (Wildman–Crippen LogP) is 1.72. The average Bonchev–Trinajstić information content (AvgIpc) is 2.33. The van der Waals surface area contributed by atoms with Gasteiger partial charge in [0.15, 0.2) is 0 Å². The molecular weight excluding hydrogens is 130 g/mol. The highest BCUT2D eigenvalue weighted by atomic mass is 16.5. The van der Waals surface area contributed by atoms with Gasteiger partial charge in [0, 0.05) is 18.1 Å². The molecule has 1 atom stereocenters. The highest BCUT2D eigenvalue weighted by molar-refractivity contribution is 4.80. The molecule has 1 aliphatic heterocycles. The van der Waals surface area contributed by atoms with E-state index in [9.17, 15) is 0 Å². The van der Waals surface area contributed by atoms with Crippen molar-refractivity contribution in [3.8, 4) is 0 Å². The van der Waals surface area contributed by atoms with E-state index in [1.807, 2.05) is 0 Å². The number of hydrogen-bond donors (Lipinski definition) is 0. The Morgan fingerprint density at radius 3 is 3.10 bits per heavy atom. The summed E-state index contributed by atoms with van der Waals surface area (Å²) in [5.74, 6) is 0. The van der Waals surface area contributed by atoms with E-state index in [0.717, 1.165) is 19.6 Å². The largest absolute Gasteiger partial charge is 0.381 e. The second-order valence-electron chi connectivity index (χ2n) is 3.00. The van der Waals surface area contributed by atoms with E-state index in [1.165, 1.54) is 0 Å². The first-order chi connectivity index (χ1) is 4.77. The van der Waals surface area contributed by atoms with Crippen LogP contribution in [0.15, 0.2) is 5.11 Å². The van der Waals surface area contributed by atoms with Crippen LogP contribution in [0.25, 0.3) is 10.4 Å². The molecule has 1 saturated heterocycles. The van der Waals surface area contributed by atoms with E-state index in [0.29, 0.717) is 6.54 Å². The summed E-state index contributed by atoms with van der Waals surface area (Å²) in [5.41, 5.74) is 8.16. The van der Waals surface area contributed by atoms with Gasteiger partial charge in [0.05, 0.1) is 6.61 Å². The van der Waals surface area contributed by atoms with E-state index in [2.05, 4.69) is 16.9 Å². The minimum Gasteiger partial charge on any atom is -0.381 e. The summed E-state index contributed by atoms with van der Waals surface area (Å²) >= 11 is 0. The minimum atomic E-state index is 0.103. The maximum absolute atomic E-state index is 8.06. The summed E-state index contributed by atoms with van der Waals surface area (Å²) in [6.45, 7) is 4.17. The summed E-state index contributed by atoms with van der Waals surface area (Å²) in [7, 11) is 0. The molecule has 4 nitrogen and oxygen atoms in total. The fourth-order valence-electron chi connectivity index (χ4n) is 1.04. The Labute approximate surface area is 59.8 Å². The first-order valence-corrected chi connectivity index (χ1v) is 3.35. The third kappa shape index (κ3) is 1.62. The first-order valence-electron chi connectivity index (χ1n) is 3.35. The van der Waals surface area contributed by atoms with Gasteiger partial charge in [-0.15, -0.1) is 0 Å². The highest BCUT2D eigenvalue weighted by Crippen LogP contribution is 2.27. The lowest BCUT2D eigenvalue weighted by Crippen LogP contribution is -2.19. The second kappa shape index (κ2) is 2.90. The van der Waals surface area contributed by atoms with Gasteiger partial charge in [0.2, 0.25) is 0 Å². The summed E-state index contributed by atoms with van der Waals surface area (Å²) in [6, 6.07) is 0. The number of nitrogens with zero attached hydrogens (tertiary/aromatic N) is 3. The Kier molecular flexibility index (Phi) is 2.14. The van der Waals surface area contributed by atoms with Gasteiger partial charge in [0.1, 0.15) is 0 Å². The molecule has 0 bridgehead atoms. The van der Waals surface area contributed by atoms with Crippen molar-refractivity contribution in [1.29, 1.82) is 0 Å². The molecule has 0 aromatic heterocycles.